The molecular formula is C27H31N7O4. The number of pyridine rings is 1. The number of piperidine rings is 1. The smallest absolute Gasteiger partial charge is 0.331 e. The first-order valence-electron chi connectivity index (χ1n) is 12.8. The summed E-state index contributed by atoms with van der Waals surface area (Å²) in [6.07, 6.45) is 5.78. The summed E-state index contributed by atoms with van der Waals surface area (Å²) < 4.78 is 0. The fourth-order valence-corrected chi connectivity index (χ4v) is 5.44. The van der Waals surface area contributed by atoms with E-state index in [1.165, 1.54) is 13.2 Å². The van der Waals surface area contributed by atoms with Gasteiger partial charge in [0, 0.05) is 43.6 Å². The number of rotatable bonds is 6. The van der Waals surface area contributed by atoms with Gasteiger partial charge in [0.15, 0.2) is 0 Å². The van der Waals surface area contributed by atoms with E-state index in [4.69, 9.17) is 0 Å². The van der Waals surface area contributed by atoms with E-state index in [0.717, 1.165) is 15.8 Å². The van der Waals surface area contributed by atoms with Gasteiger partial charge in [-0.05, 0) is 55.5 Å². The largest absolute Gasteiger partial charge is 0.341 e. The van der Waals surface area contributed by atoms with Crippen molar-refractivity contribution in [1.82, 2.24) is 30.3 Å². The van der Waals surface area contributed by atoms with E-state index in [0.29, 0.717) is 30.5 Å². The number of fused-ring (bicyclic) bond motifs is 1. The molecule has 0 bridgehead atoms. The van der Waals surface area contributed by atoms with Gasteiger partial charge in [0.25, 0.3) is 11.8 Å². The fourth-order valence-electron chi connectivity index (χ4n) is 5.44. The van der Waals surface area contributed by atoms with Gasteiger partial charge in [0.05, 0.1) is 17.3 Å². The predicted molar refractivity (Wildman–Crippen MR) is 140 cm³/mol. The minimum atomic E-state index is -1.08. The van der Waals surface area contributed by atoms with Crippen LogP contribution in [0.3, 0.4) is 0 Å². The molecule has 2 aromatic heterocycles. The van der Waals surface area contributed by atoms with Crippen LogP contribution in [-0.2, 0) is 9.59 Å². The number of amides is 5. The summed E-state index contributed by atoms with van der Waals surface area (Å²) in [5, 5.41) is 10.6. The van der Waals surface area contributed by atoms with E-state index >= 15 is 0 Å². The molecule has 0 aliphatic carbocycles. The third-order valence-electron chi connectivity index (χ3n) is 7.43. The number of anilines is 1. The summed E-state index contributed by atoms with van der Waals surface area (Å²) in [5.74, 6) is -0.650. The van der Waals surface area contributed by atoms with Gasteiger partial charge in [-0.3, -0.25) is 34.3 Å². The molecule has 0 saturated carbocycles. The summed E-state index contributed by atoms with van der Waals surface area (Å²) >= 11 is 0. The van der Waals surface area contributed by atoms with Crippen LogP contribution in [0.2, 0.25) is 0 Å². The number of hydrogen-bond acceptors (Lipinski definition) is 6. The monoisotopic (exact) mass is 517 g/mol. The maximum Gasteiger partial charge on any atom is 0.331 e. The van der Waals surface area contributed by atoms with Gasteiger partial charge in [0.2, 0.25) is 5.91 Å². The van der Waals surface area contributed by atoms with Crippen LogP contribution in [0.4, 0.5) is 10.5 Å². The van der Waals surface area contributed by atoms with E-state index in [9.17, 15) is 19.2 Å². The van der Waals surface area contributed by atoms with Crippen LogP contribution in [0.25, 0.3) is 10.9 Å². The molecule has 4 heterocycles. The molecule has 2 aliphatic rings. The Labute approximate surface area is 220 Å². The van der Waals surface area contributed by atoms with E-state index in [1.54, 1.807) is 40.4 Å². The van der Waals surface area contributed by atoms with Crippen LogP contribution < -0.4 is 10.2 Å². The molecule has 11 heteroatoms. The van der Waals surface area contributed by atoms with Crippen LogP contribution >= 0.6 is 0 Å². The number of carbonyl (C=O) groups excluding carboxylic acids is 4. The standard InChI is InChI=1S/C27H31N7O4/c1-17(2)13-22(30-23(35)18-5-4-10-28-15-18)24(36)33-11-8-27(9-12-33)25(37)32(3)26(38)34(27)20-6-7-21-19(14-20)16-29-31-21/h4-7,10,14-17,22H,8-9,11-13H2,1-3H3,(H,29,31)(H,30,35). The zero-order valence-electron chi connectivity index (χ0n) is 21.7. The fraction of sp³-hybridized carbons (Fsp3) is 0.407. The SMILES string of the molecule is CC(C)CC(NC(=O)c1cccnc1)C(=O)N1CCC2(CC1)C(=O)N(C)C(=O)N2c1ccc2[nH]ncc2c1. The number of likely N-dealkylation sites (tertiary alicyclic amines) is 1. The van der Waals surface area contributed by atoms with Gasteiger partial charge in [-0.2, -0.15) is 5.10 Å². The van der Waals surface area contributed by atoms with Crippen molar-refractivity contribution >= 4 is 40.3 Å². The summed E-state index contributed by atoms with van der Waals surface area (Å²) in [7, 11) is 1.49. The molecule has 2 N–H and O–H groups in total. The molecule has 2 saturated heterocycles. The molecule has 2 fully saturated rings. The number of hydrogen-bond donors (Lipinski definition) is 2. The maximum atomic E-state index is 13.6. The molecule has 198 valence electrons. The molecule has 1 atom stereocenters. The van der Waals surface area contributed by atoms with E-state index in [2.05, 4.69) is 20.5 Å². The number of imide groups is 1. The Kier molecular flexibility index (Phi) is 6.60. The lowest BCUT2D eigenvalue weighted by atomic mass is 9.85. The van der Waals surface area contributed by atoms with Crippen molar-refractivity contribution in [3.05, 3.63) is 54.5 Å². The second kappa shape index (κ2) is 9.88. The van der Waals surface area contributed by atoms with Crippen molar-refractivity contribution in [3.8, 4) is 0 Å². The number of benzene rings is 1. The second-order valence-corrected chi connectivity index (χ2v) is 10.4. The minimum Gasteiger partial charge on any atom is -0.341 e. The van der Waals surface area contributed by atoms with Crippen molar-refractivity contribution in [2.45, 2.75) is 44.7 Å². The molecule has 11 nitrogen and oxygen atoms in total. The second-order valence-electron chi connectivity index (χ2n) is 10.4. The van der Waals surface area contributed by atoms with E-state index in [-0.39, 0.29) is 42.8 Å². The third kappa shape index (κ3) is 4.37. The van der Waals surface area contributed by atoms with E-state index < -0.39 is 11.6 Å². The van der Waals surface area contributed by atoms with Crippen LogP contribution in [0.5, 0.6) is 0 Å². The van der Waals surface area contributed by atoms with Gasteiger partial charge >= 0.3 is 6.03 Å². The number of nitrogens with zero attached hydrogens (tertiary/aromatic N) is 5. The Bertz CT molecular complexity index is 1380. The molecule has 38 heavy (non-hydrogen) atoms. The number of urea groups is 1. The highest BCUT2D eigenvalue weighted by Gasteiger charge is 2.58. The summed E-state index contributed by atoms with van der Waals surface area (Å²) in [4.78, 5) is 61.5. The molecular weight excluding hydrogens is 486 g/mol. The Morgan fingerprint density at radius 3 is 2.58 bits per heavy atom. The van der Waals surface area contributed by atoms with Gasteiger partial charge in [0.1, 0.15) is 11.6 Å². The lowest BCUT2D eigenvalue weighted by molar-refractivity contribution is -0.139. The van der Waals surface area contributed by atoms with Crippen molar-refractivity contribution in [1.29, 1.82) is 0 Å². The summed E-state index contributed by atoms with van der Waals surface area (Å²) in [6.45, 7) is 4.56. The zero-order valence-corrected chi connectivity index (χ0v) is 21.7. The van der Waals surface area contributed by atoms with Gasteiger partial charge < -0.3 is 10.2 Å². The van der Waals surface area contributed by atoms with Crippen LogP contribution in [0.15, 0.2) is 48.9 Å². The average Bonchev–Trinajstić information content (AvgIpc) is 3.46. The number of aromatic nitrogens is 3. The first kappa shape index (κ1) is 25.4. The van der Waals surface area contributed by atoms with Gasteiger partial charge in [-0.15, -0.1) is 0 Å². The van der Waals surface area contributed by atoms with Crippen LogP contribution in [0.1, 0.15) is 43.5 Å². The quantitative estimate of drug-likeness (QED) is 0.483. The Morgan fingerprint density at radius 2 is 1.89 bits per heavy atom. The number of aromatic amines is 1. The zero-order chi connectivity index (χ0) is 27.0. The number of nitrogens with one attached hydrogen (secondary N) is 2. The number of H-pyrrole nitrogens is 1. The highest BCUT2D eigenvalue weighted by atomic mass is 16.2. The number of carbonyl (C=O) groups is 4. The molecule has 1 unspecified atom stereocenters. The van der Waals surface area contributed by atoms with Crippen molar-refractivity contribution in [3.63, 3.8) is 0 Å². The molecule has 5 rings (SSSR count). The molecule has 3 aromatic rings. The first-order valence-corrected chi connectivity index (χ1v) is 12.8. The maximum absolute atomic E-state index is 13.6. The lowest BCUT2D eigenvalue weighted by Crippen LogP contribution is -2.59. The molecule has 2 aliphatic heterocycles. The van der Waals surface area contributed by atoms with E-state index in [1.807, 2.05) is 26.0 Å². The van der Waals surface area contributed by atoms with Crippen molar-refractivity contribution in [2.75, 3.05) is 25.0 Å². The topological polar surface area (TPSA) is 132 Å². The Morgan fingerprint density at radius 1 is 1.13 bits per heavy atom. The lowest BCUT2D eigenvalue weighted by Gasteiger charge is -2.43. The van der Waals surface area contributed by atoms with Gasteiger partial charge in [-0.1, -0.05) is 13.8 Å². The first-order chi connectivity index (χ1) is 18.2. The molecule has 1 aromatic carbocycles. The number of likely N-dealkylation sites (N-methyl/N-ethyl adjacent to an activating group) is 1. The van der Waals surface area contributed by atoms with Gasteiger partial charge in [-0.25, -0.2) is 4.79 Å². The molecule has 0 radical (unpaired) electrons. The molecule has 1 spiro atoms. The third-order valence-corrected chi connectivity index (χ3v) is 7.43. The molecule has 5 amide bonds. The highest BCUT2D eigenvalue weighted by Crippen LogP contribution is 2.41. The van der Waals surface area contributed by atoms with Crippen molar-refractivity contribution in [2.24, 2.45) is 5.92 Å². The Balaban J connectivity index is 1.36. The average molecular weight is 518 g/mol. The van der Waals surface area contributed by atoms with Crippen LogP contribution in [-0.4, -0.2) is 80.5 Å². The highest BCUT2D eigenvalue weighted by molar-refractivity contribution is 6.17. The summed E-state index contributed by atoms with van der Waals surface area (Å²) in [5.41, 5.74) is 0.754. The normalized spacial score (nSPS) is 18.1. The predicted octanol–water partition coefficient (Wildman–Crippen LogP) is 2.56. The Hall–Kier alpha value is -4.28. The summed E-state index contributed by atoms with van der Waals surface area (Å²) in [6, 6.07) is 7.70. The minimum absolute atomic E-state index is 0.172. The van der Waals surface area contributed by atoms with Crippen LogP contribution in [0, 0.1) is 5.92 Å². The van der Waals surface area contributed by atoms with Crippen molar-refractivity contribution < 1.29 is 19.2 Å².